The molecule has 2 aromatic carbocycles. The maximum atomic E-state index is 13.7. The minimum atomic E-state index is -4.33. The molecule has 0 bridgehead atoms. The smallest absolute Gasteiger partial charge is 0.265 e. The highest BCUT2D eigenvalue weighted by molar-refractivity contribution is 7.92. The Morgan fingerprint density at radius 3 is 2.50 bits per heavy atom. The Labute approximate surface area is 152 Å². The summed E-state index contributed by atoms with van der Waals surface area (Å²) in [5.74, 6) is -2.44. The van der Waals surface area contributed by atoms with Crippen molar-refractivity contribution in [3.8, 4) is 0 Å². The van der Waals surface area contributed by atoms with Gasteiger partial charge >= 0.3 is 0 Å². The summed E-state index contributed by atoms with van der Waals surface area (Å²) >= 11 is 5.94. The molecule has 0 aliphatic carbocycles. The predicted molar refractivity (Wildman–Crippen MR) is 89.9 cm³/mol. The van der Waals surface area contributed by atoms with Crippen molar-refractivity contribution in [1.29, 1.82) is 0 Å². The molecular weight excluding hydrogens is 391 g/mol. The topological polar surface area (TPSA) is 64.0 Å². The van der Waals surface area contributed by atoms with Gasteiger partial charge in [0, 0.05) is 11.2 Å². The Kier molecular flexibility index (Phi) is 4.92. The molecule has 1 heterocycles. The molecule has 0 unspecified atom stereocenters. The van der Waals surface area contributed by atoms with Crippen molar-refractivity contribution in [2.45, 2.75) is 11.4 Å². The quantitative estimate of drug-likeness (QED) is 0.707. The Bertz CT molecular complexity index is 1070. The molecule has 3 aromatic rings. The molecule has 1 N–H and O–H groups in total. The van der Waals surface area contributed by atoms with E-state index in [1.165, 1.54) is 29.2 Å². The van der Waals surface area contributed by atoms with E-state index < -0.39 is 32.4 Å². The van der Waals surface area contributed by atoms with Crippen molar-refractivity contribution >= 4 is 27.3 Å². The summed E-state index contributed by atoms with van der Waals surface area (Å²) in [6.45, 7) is 0.162. The van der Waals surface area contributed by atoms with Crippen LogP contribution in [0.25, 0.3) is 0 Å². The first-order valence-corrected chi connectivity index (χ1v) is 9.05. The van der Waals surface area contributed by atoms with E-state index in [0.717, 1.165) is 18.2 Å². The van der Waals surface area contributed by atoms with Crippen LogP contribution in [0.2, 0.25) is 5.02 Å². The number of rotatable bonds is 5. The van der Waals surface area contributed by atoms with Gasteiger partial charge in [-0.2, -0.15) is 5.10 Å². The van der Waals surface area contributed by atoms with Crippen LogP contribution in [0.1, 0.15) is 5.56 Å². The molecule has 0 saturated carbocycles. The summed E-state index contributed by atoms with van der Waals surface area (Å²) < 4.78 is 67.9. The van der Waals surface area contributed by atoms with E-state index in [2.05, 4.69) is 9.82 Å². The average molecular weight is 402 g/mol. The number of hydrogen-bond donors (Lipinski definition) is 1. The number of nitrogens with zero attached hydrogens (tertiary/aromatic N) is 2. The average Bonchev–Trinajstić information content (AvgIpc) is 2.98. The second-order valence-corrected chi connectivity index (χ2v) is 7.40. The van der Waals surface area contributed by atoms with Crippen molar-refractivity contribution < 1.29 is 21.6 Å². The van der Waals surface area contributed by atoms with Crippen LogP contribution in [-0.4, -0.2) is 18.2 Å². The van der Waals surface area contributed by atoms with Crippen molar-refractivity contribution in [1.82, 2.24) is 9.78 Å². The molecule has 0 atom stereocenters. The molecule has 0 aliphatic rings. The standard InChI is InChI=1S/C16H11ClF3N3O2S/c17-14-5-11(18)2-1-10(14)8-23-9-13(7-21-23)22-26(24,25)16-6-12(19)3-4-15(16)20/h1-7,9,22H,8H2. The number of anilines is 1. The van der Waals surface area contributed by atoms with Crippen molar-refractivity contribution in [2.75, 3.05) is 4.72 Å². The van der Waals surface area contributed by atoms with Gasteiger partial charge in [0.2, 0.25) is 0 Å². The van der Waals surface area contributed by atoms with Gasteiger partial charge in [-0.15, -0.1) is 0 Å². The van der Waals surface area contributed by atoms with Gasteiger partial charge in [0.25, 0.3) is 10.0 Å². The zero-order valence-corrected chi connectivity index (χ0v) is 14.5. The van der Waals surface area contributed by atoms with E-state index >= 15 is 0 Å². The lowest BCUT2D eigenvalue weighted by molar-refractivity contribution is 0.555. The molecule has 26 heavy (non-hydrogen) atoms. The lowest BCUT2D eigenvalue weighted by Crippen LogP contribution is -2.14. The first kappa shape index (κ1) is 18.3. The van der Waals surface area contributed by atoms with E-state index in [1.54, 1.807) is 0 Å². The maximum Gasteiger partial charge on any atom is 0.265 e. The molecule has 0 amide bonds. The van der Waals surface area contributed by atoms with Gasteiger partial charge in [0.15, 0.2) is 0 Å². The van der Waals surface area contributed by atoms with Crippen LogP contribution in [0.15, 0.2) is 53.7 Å². The molecule has 0 fully saturated rings. The molecule has 0 spiro atoms. The molecular formula is C16H11ClF3N3O2S. The van der Waals surface area contributed by atoms with Crippen LogP contribution >= 0.6 is 11.6 Å². The number of hydrogen-bond acceptors (Lipinski definition) is 3. The van der Waals surface area contributed by atoms with Crippen molar-refractivity contribution in [3.63, 3.8) is 0 Å². The fraction of sp³-hybridized carbons (Fsp3) is 0.0625. The van der Waals surface area contributed by atoms with Gasteiger partial charge in [-0.05, 0) is 35.9 Å². The number of aromatic nitrogens is 2. The van der Waals surface area contributed by atoms with Gasteiger partial charge in [-0.25, -0.2) is 21.6 Å². The number of halogens is 4. The highest BCUT2D eigenvalue weighted by Gasteiger charge is 2.20. The van der Waals surface area contributed by atoms with Crippen LogP contribution in [0.3, 0.4) is 0 Å². The predicted octanol–water partition coefficient (Wildman–Crippen LogP) is 3.80. The fourth-order valence-corrected chi connectivity index (χ4v) is 3.57. The van der Waals surface area contributed by atoms with E-state index in [4.69, 9.17) is 11.6 Å². The van der Waals surface area contributed by atoms with Gasteiger partial charge < -0.3 is 0 Å². The van der Waals surface area contributed by atoms with E-state index in [0.29, 0.717) is 11.6 Å². The normalized spacial score (nSPS) is 11.5. The maximum absolute atomic E-state index is 13.7. The minimum absolute atomic E-state index is 0.0481. The lowest BCUT2D eigenvalue weighted by atomic mass is 10.2. The van der Waals surface area contributed by atoms with Gasteiger partial charge in [-0.1, -0.05) is 17.7 Å². The molecule has 0 aliphatic heterocycles. The summed E-state index contributed by atoms with van der Waals surface area (Å²) in [5.41, 5.74) is 0.619. The highest BCUT2D eigenvalue weighted by atomic mass is 35.5. The van der Waals surface area contributed by atoms with Crippen molar-refractivity contribution in [2.24, 2.45) is 0 Å². The molecule has 0 radical (unpaired) electrons. The Morgan fingerprint density at radius 1 is 1.08 bits per heavy atom. The van der Waals surface area contributed by atoms with Crippen LogP contribution in [-0.2, 0) is 16.6 Å². The first-order valence-electron chi connectivity index (χ1n) is 7.19. The Balaban J connectivity index is 1.80. The molecule has 10 heteroatoms. The van der Waals surface area contributed by atoms with Gasteiger partial charge in [0.1, 0.15) is 22.3 Å². The van der Waals surface area contributed by atoms with E-state index in [-0.39, 0.29) is 17.3 Å². The van der Waals surface area contributed by atoms with Gasteiger partial charge in [-0.3, -0.25) is 9.40 Å². The minimum Gasteiger partial charge on any atom is -0.276 e. The highest BCUT2D eigenvalue weighted by Crippen LogP contribution is 2.21. The summed E-state index contributed by atoms with van der Waals surface area (Å²) in [6, 6.07) is 5.99. The number of sulfonamides is 1. The summed E-state index contributed by atoms with van der Waals surface area (Å²) in [4.78, 5) is -0.813. The third-order valence-corrected chi connectivity index (χ3v) is 5.16. The fourth-order valence-electron chi connectivity index (χ4n) is 2.22. The zero-order valence-electron chi connectivity index (χ0n) is 13.0. The molecule has 5 nitrogen and oxygen atoms in total. The van der Waals surface area contributed by atoms with Crippen LogP contribution in [0, 0.1) is 17.5 Å². The third kappa shape index (κ3) is 4.00. The molecule has 1 aromatic heterocycles. The second-order valence-electron chi connectivity index (χ2n) is 5.34. The summed E-state index contributed by atoms with van der Waals surface area (Å²) in [7, 11) is -4.33. The molecule has 136 valence electrons. The van der Waals surface area contributed by atoms with Crippen LogP contribution < -0.4 is 4.72 Å². The molecule has 0 saturated heterocycles. The van der Waals surface area contributed by atoms with Crippen molar-refractivity contribution in [3.05, 3.63) is 76.8 Å². The SMILES string of the molecule is O=S(=O)(Nc1cnn(Cc2ccc(F)cc2Cl)c1)c1cc(F)ccc1F. The first-order chi connectivity index (χ1) is 12.2. The van der Waals surface area contributed by atoms with E-state index in [9.17, 15) is 21.6 Å². The van der Waals surface area contributed by atoms with E-state index in [1.807, 2.05) is 0 Å². The zero-order chi connectivity index (χ0) is 18.9. The third-order valence-electron chi connectivity index (χ3n) is 3.42. The van der Waals surface area contributed by atoms with Crippen LogP contribution in [0.4, 0.5) is 18.9 Å². The monoisotopic (exact) mass is 401 g/mol. The second kappa shape index (κ2) is 7.00. The lowest BCUT2D eigenvalue weighted by Gasteiger charge is -2.07. The summed E-state index contributed by atoms with van der Waals surface area (Å²) in [6.07, 6.45) is 2.54. The molecule has 3 rings (SSSR count). The number of nitrogens with one attached hydrogen (secondary N) is 1. The van der Waals surface area contributed by atoms with Crippen LogP contribution in [0.5, 0.6) is 0 Å². The Hall–Kier alpha value is -2.52. The summed E-state index contributed by atoms with van der Waals surface area (Å²) in [5, 5.41) is 4.16. The van der Waals surface area contributed by atoms with Gasteiger partial charge in [0.05, 0.1) is 18.4 Å². The largest absolute Gasteiger partial charge is 0.276 e. The number of benzene rings is 2. The Morgan fingerprint density at radius 2 is 1.77 bits per heavy atom.